The van der Waals surface area contributed by atoms with Gasteiger partial charge < -0.3 is 0 Å². The molecular weight excluding hydrogens is 226 g/mol. The van der Waals surface area contributed by atoms with Gasteiger partial charge in [-0.15, -0.1) is 11.3 Å². The minimum Gasteiger partial charge on any atom is -0.241 e. The van der Waals surface area contributed by atoms with E-state index in [4.69, 9.17) is 0 Å². The second-order valence-corrected chi connectivity index (χ2v) is 5.29. The maximum atomic E-state index is 4.67. The molecule has 0 spiro atoms. The molecule has 0 aliphatic carbocycles. The molecule has 2 aromatic carbocycles. The van der Waals surface area contributed by atoms with Gasteiger partial charge in [-0.25, -0.2) is 4.98 Å². The van der Waals surface area contributed by atoms with E-state index < -0.39 is 0 Å². The molecule has 0 saturated carbocycles. The molecule has 0 bridgehead atoms. The molecule has 0 radical (unpaired) electrons. The molecule has 0 fully saturated rings. The Labute approximate surface area is 105 Å². The molecule has 0 atom stereocenters. The number of aromatic nitrogens is 1. The zero-order chi connectivity index (χ0) is 11.7. The summed E-state index contributed by atoms with van der Waals surface area (Å²) in [5.41, 5.74) is 3.82. The average molecular weight is 239 g/mol. The van der Waals surface area contributed by atoms with E-state index in [-0.39, 0.29) is 0 Å². The van der Waals surface area contributed by atoms with Crippen LogP contribution in [0.2, 0.25) is 0 Å². The van der Waals surface area contributed by atoms with Crippen LogP contribution in [-0.2, 0) is 6.42 Å². The fourth-order valence-electron chi connectivity index (χ4n) is 1.97. The second-order valence-electron chi connectivity index (χ2n) is 4.18. The summed E-state index contributed by atoms with van der Waals surface area (Å²) in [6.45, 7) is 2.16. The fourth-order valence-corrected chi connectivity index (χ4v) is 2.96. The average Bonchev–Trinajstić information content (AvgIpc) is 2.74. The number of thiazole rings is 1. The van der Waals surface area contributed by atoms with Crippen molar-refractivity contribution < 1.29 is 0 Å². The standard InChI is InChI=1S/C15H13NS/c1-11-6-2-3-7-12(11)10-15-16-13-8-4-5-9-14(13)17-15/h2-9H,10H2,1H3. The van der Waals surface area contributed by atoms with Gasteiger partial charge in [0.15, 0.2) is 0 Å². The maximum absolute atomic E-state index is 4.67. The third kappa shape index (κ3) is 2.08. The summed E-state index contributed by atoms with van der Waals surface area (Å²) in [5.74, 6) is 0. The molecule has 0 aliphatic rings. The van der Waals surface area contributed by atoms with E-state index in [1.165, 1.54) is 20.8 Å². The number of rotatable bonds is 2. The number of fused-ring (bicyclic) bond motifs is 1. The Hall–Kier alpha value is -1.67. The van der Waals surface area contributed by atoms with Crippen LogP contribution in [0.1, 0.15) is 16.1 Å². The van der Waals surface area contributed by atoms with E-state index in [2.05, 4.69) is 54.4 Å². The van der Waals surface area contributed by atoms with Gasteiger partial charge in [0, 0.05) is 6.42 Å². The van der Waals surface area contributed by atoms with Gasteiger partial charge in [0.1, 0.15) is 0 Å². The third-order valence-corrected chi connectivity index (χ3v) is 3.98. The highest BCUT2D eigenvalue weighted by Crippen LogP contribution is 2.24. The molecule has 3 aromatic rings. The van der Waals surface area contributed by atoms with E-state index in [9.17, 15) is 0 Å². The van der Waals surface area contributed by atoms with Crippen molar-refractivity contribution in [2.45, 2.75) is 13.3 Å². The van der Waals surface area contributed by atoms with Crippen LogP contribution in [-0.4, -0.2) is 4.98 Å². The molecule has 1 aromatic heterocycles. The minimum atomic E-state index is 0.937. The van der Waals surface area contributed by atoms with Crippen LogP contribution < -0.4 is 0 Å². The number of para-hydroxylation sites is 1. The van der Waals surface area contributed by atoms with Gasteiger partial charge >= 0.3 is 0 Å². The normalized spacial score (nSPS) is 10.9. The van der Waals surface area contributed by atoms with E-state index >= 15 is 0 Å². The molecule has 0 saturated heterocycles. The number of benzene rings is 2. The smallest absolute Gasteiger partial charge is 0.0982 e. The molecule has 1 nitrogen and oxygen atoms in total. The van der Waals surface area contributed by atoms with Crippen LogP contribution in [0.25, 0.3) is 10.2 Å². The third-order valence-electron chi connectivity index (χ3n) is 2.94. The predicted octanol–water partition coefficient (Wildman–Crippen LogP) is 4.20. The van der Waals surface area contributed by atoms with Crippen molar-refractivity contribution in [2.75, 3.05) is 0 Å². The lowest BCUT2D eigenvalue weighted by Crippen LogP contribution is -1.89. The highest BCUT2D eigenvalue weighted by atomic mass is 32.1. The van der Waals surface area contributed by atoms with Crippen molar-refractivity contribution >= 4 is 21.6 Å². The Morgan fingerprint density at radius 3 is 2.59 bits per heavy atom. The molecule has 3 rings (SSSR count). The van der Waals surface area contributed by atoms with Crippen LogP contribution in [0.15, 0.2) is 48.5 Å². The van der Waals surface area contributed by atoms with Crippen molar-refractivity contribution in [3.63, 3.8) is 0 Å². The quantitative estimate of drug-likeness (QED) is 0.653. The topological polar surface area (TPSA) is 12.9 Å². The maximum Gasteiger partial charge on any atom is 0.0982 e. The highest BCUT2D eigenvalue weighted by molar-refractivity contribution is 7.18. The largest absolute Gasteiger partial charge is 0.241 e. The Morgan fingerprint density at radius 2 is 1.76 bits per heavy atom. The van der Waals surface area contributed by atoms with Crippen molar-refractivity contribution in [1.82, 2.24) is 4.98 Å². The molecule has 2 heteroatoms. The number of aryl methyl sites for hydroxylation is 1. The van der Waals surface area contributed by atoms with E-state index in [0.717, 1.165) is 11.9 Å². The minimum absolute atomic E-state index is 0.937. The fraction of sp³-hybridized carbons (Fsp3) is 0.133. The highest BCUT2D eigenvalue weighted by Gasteiger charge is 2.05. The monoisotopic (exact) mass is 239 g/mol. The summed E-state index contributed by atoms with van der Waals surface area (Å²) in [6, 6.07) is 16.8. The van der Waals surface area contributed by atoms with Gasteiger partial charge in [-0.2, -0.15) is 0 Å². The Morgan fingerprint density at radius 1 is 1.00 bits per heavy atom. The first-order valence-corrected chi connectivity index (χ1v) is 6.53. The molecule has 17 heavy (non-hydrogen) atoms. The van der Waals surface area contributed by atoms with Gasteiger partial charge in [-0.3, -0.25) is 0 Å². The summed E-state index contributed by atoms with van der Waals surface area (Å²) in [4.78, 5) is 4.67. The molecule has 0 aliphatic heterocycles. The van der Waals surface area contributed by atoms with Crippen LogP contribution in [0, 0.1) is 6.92 Å². The van der Waals surface area contributed by atoms with Crippen molar-refractivity contribution in [1.29, 1.82) is 0 Å². The first-order chi connectivity index (χ1) is 8.33. The molecule has 0 unspecified atom stereocenters. The van der Waals surface area contributed by atoms with Crippen molar-refractivity contribution in [2.24, 2.45) is 0 Å². The van der Waals surface area contributed by atoms with Crippen LogP contribution >= 0.6 is 11.3 Å². The van der Waals surface area contributed by atoms with E-state index in [1.54, 1.807) is 11.3 Å². The van der Waals surface area contributed by atoms with Gasteiger partial charge in [0.25, 0.3) is 0 Å². The molecular formula is C15H13NS. The molecule has 1 heterocycles. The summed E-state index contributed by atoms with van der Waals surface area (Å²) in [7, 11) is 0. The van der Waals surface area contributed by atoms with Crippen LogP contribution in [0.4, 0.5) is 0 Å². The Bertz CT molecular complexity index is 622. The summed E-state index contributed by atoms with van der Waals surface area (Å²) >= 11 is 1.79. The van der Waals surface area contributed by atoms with E-state index in [1.807, 2.05) is 6.07 Å². The molecule has 0 N–H and O–H groups in total. The summed E-state index contributed by atoms with van der Waals surface area (Å²) in [5, 5.41) is 1.19. The Balaban J connectivity index is 1.98. The number of hydrogen-bond acceptors (Lipinski definition) is 2. The van der Waals surface area contributed by atoms with Gasteiger partial charge in [0.2, 0.25) is 0 Å². The zero-order valence-electron chi connectivity index (χ0n) is 9.68. The van der Waals surface area contributed by atoms with Crippen LogP contribution in [0.3, 0.4) is 0 Å². The lowest BCUT2D eigenvalue weighted by molar-refractivity contribution is 1.13. The van der Waals surface area contributed by atoms with E-state index in [0.29, 0.717) is 0 Å². The molecule has 84 valence electrons. The lowest BCUT2D eigenvalue weighted by atomic mass is 10.1. The van der Waals surface area contributed by atoms with Crippen molar-refractivity contribution in [3.8, 4) is 0 Å². The lowest BCUT2D eigenvalue weighted by Gasteiger charge is -2.01. The van der Waals surface area contributed by atoms with Crippen molar-refractivity contribution in [3.05, 3.63) is 64.7 Å². The van der Waals surface area contributed by atoms with Gasteiger partial charge in [0.05, 0.1) is 15.2 Å². The first-order valence-electron chi connectivity index (χ1n) is 5.72. The Kier molecular flexibility index (Phi) is 2.65. The predicted molar refractivity (Wildman–Crippen MR) is 73.6 cm³/mol. The zero-order valence-corrected chi connectivity index (χ0v) is 10.5. The van der Waals surface area contributed by atoms with Gasteiger partial charge in [-0.1, -0.05) is 36.4 Å². The summed E-state index contributed by atoms with van der Waals surface area (Å²) in [6.07, 6.45) is 0.937. The number of nitrogens with zero attached hydrogens (tertiary/aromatic N) is 1. The second kappa shape index (κ2) is 4.30. The SMILES string of the molecule is Cc1ccccc1Cc1nc2ccccc2s1. The first kappa shape index (κ1) is 10.5. The van der Waals surface area contributed by atoms with Crippen LogP contribution in [0.5, 0.6) is 0 Å². The number of hydrogen-bond donors (Lipinski definition) is 0. The summed E-state index contributed by atoms with van der Waals surface area (Å²) < 4.78 is 1.27. The van der Waals surface area contributed by atoms with Gasteiger partial charge in [-0.05, 0) is 30.2 Å². The molecule has 0 amide bonds.